The van der Waals surface area contributed by atoms with Gasteiger partial charge in [0.1, 0.15) is 0 Å². The molecule has 1 rings (SSSR count). The Kier molecular flexibility index (Phi) is 4.90. The monoisotopic (exact) mass is 198 g/mol. The molecule has 2 heteroatoms. The molecule has 84 valence electrons. The van der Waals surface area contributed by atoms with Crippen LogP contribution in [-0.4, -0.2) is 30.1 Å². The molecule has 3 atom stereocenters. The van der Waals surface area contributed by atoms with E-state index in [0.717, 1.165) is 18.5 Å². The lowest BCUT2D eigenvalue weighted by Crippen LogP contribution is -2.46. The predicted molar refractivity (Wildman–Crippen MR) is 62.3 cm³/mol. The molecule has 0 aliphatic carbocycles. The molecule has 0 aromatic rings. The molecule has 1 heterocycles. The lowest BCUT2D eigenvalue weighted by Gasteiger charge is -2.34. The van der Waals surface area contributed by atoms with E-state index in [9.17, 15) is 0 Å². The first-order chi connectivity index (χ1) is 6.70. The Hall–Kier alpha value is -0.0800. The van der Waals surface area contributed by atoms with Crippen molar-refractivity contribution < 1.29 is 0 Å². The maximum Gasteiger partial charge on any atom is 0.0246 e. The molecule has 1 fully saturated rings. The summed E-state index contributed by atoms with van der Waals surface area (Å²) in [5.41, 5.74) is 5.90. The Bertz CT molecular complexity index is 158. The van der Waals surface area contributed by atoms with Crippen LogP contribution in [-0.2, 0) is 0 Å². The summed E-state index contributed by atoms with van der Waals surface area (Å²) in [6, 6.07) is 1.37. The van der Waals surface area contributed by atoms with Crippen molar-refractivity contribution in [3.8, 4) is 0 Å². The highest BCUT2D eigenvalue weighted by atomic mass is 15.2. The third-order valence-electron chi connectivity index (χ3n) is 3.67. The molecule has 0 aromatic carbocycles. The molecule has 14 heavy (non-hydrogen) atoms. The van der Waals surface area contributed by atoms with Crippen molar-refractivity contribution in [2.24, 2.45) is 11.7 Å². The minimum atomic E-state index is 0.618. The molecule has 1 aliphatic rings. The van der Waals surface area contributed by atoms with Crippen LogP contribution >= 0.6 is 0 Å². The number of nitrogens with zero attached hydrogens (tertiary/aromatic N) is 1. The maximum atomic E-state index is 5.90. The first kappa shape index (κ1) is 12.0. The quantitative estimate of drug-likeness (QED) is 0.734. The second-order valence-electron chi connectivity index (χ2n) is 4.80. The van der Waals surface area contributed by atoms with Gasteiger partial charge < -0.3 is 5.73 Å². The molecular weight excluding hydrogens is 172 g/mol. The normalized spacial score (nSPS) is 27.9. The summed E-state index contributed by atoms with van der Waals surface area (Å²) in [6.07, 6.45) is 5.30. The summed E-state index contributed by atoms with van der Waals surface area (Å²) in [5, 5.41) is 0. The molecule has 0 radical (unpaired) electrons. The van der Waals surface area contributed by atoms with Gasteiger partial charge in [-0.05, 0) is 38.6 Å². The highest BCUT2D eigenvalue weighted by Gasteiger charge is 2.29. The van der Waals surface area contributed by atoms with Crippen LogP contribution in [0.15, 0.2) is 0 Å². The maximum absolute atomic E-state index is 5.90. The zero-order valence-electron chi connectivity index (χ0n) is 10.00. The van der Waals surface area contributed by atoms with Crippen LogP contribution in [0.1, 0.15) is 46.5 Å². The molecule has 2 N–H and O–H groups in total. The Morgan fingerprint density at radius 1 is 1.50 bits per heavy atom. The summed E-state index contributed by atoms with van der Waals surface area (Å²) in [6.45, 7) is 9.04. The fourth-order valence-electron chi connectivity index (χ4n) is 2.79. The highest BCUT2D eigenvalue weighted by Crippen LogP contribution is 2.24. The third kappa shape index (κ3) is 2.71. The topological polar surface area (TPSA) is 29.3 Å². The number of hydrogen-bond donors (Lipinski definition) is 1. The van der Waals surface area contributed by atoms with Crippen molar-refractivity contribution in [2.75, 3.05) is 13.1 Å². The van der Waals surface area contributed by atoms with E-state index < -0.39 is 0 Å². The average molecular weight is 198 g/mol. The smallest absolute Gasteiger partial charge is 0.0246 e. The first-order valence-corrected chi connectivity index (χ1v) is 6.16. The van der Waals surface area contributed by atoms with Crippen molar-refractivity contribution in [1.29, 1.82) is 0 Å². The van der Waals surface area contributed by atoms with Gasteiger partial charge in [0.05, 0.1) is 0 Å². The minimum Gasteiger partial charge on any atom is -0.329 e. The fraction of sp³-hybridized carbons (Fsp3) is 1.00. The van der Waals surface area contributed by atoms with Crippen LogP contribution in [0.25, 0.3) is 0 Å². The van der Waals surface area contributed by atoms with Crippen LogP contribution in [0.3, 0.4) is 0 Å². The lowest BCUT2D eigenvalue weighted by atomic mass is 9.95. The molecule has 0 amide bonds. The van der Waals surface area contributed by atoms with Gasteiger partial charge in [0, 0.05) is 18.6 Å². The lowest BCUT2D eigenvalue weighted by molar-refractivity contribution is 0.141. The Balaban J connectivity index is 2.51. The number of rotatable bonds is 5. The Morgan fingerprint density at radius 2 is 2.21 bits per heavy atom. The van der Waals surface area contributed by atoms with Crippen molar-refractivity contribution in [2.45, 2.75) is 58.5 Å². The van der Waals surface area contributed by atoms with E-state index in [1.54, 1.807) is 0 Å². The third-order valence-corrected chi connectivity index (χ3v) is 3.67. The second-order valence-corrected chi connectivity index (χ2v) is 4.80. The van der Waals surface area contributed by atoms with Gasteiger partial charge in [0.25, 0.3) is 0 Å². The van der Waals surface area contributed by atoms with E-state index in [2.05, 4.69) is 25.7 Å². The molecule has 0 aromatic heterocycles. The molecule has 0 spiro atoms. The standard InChI is InChI=1S/C12H26N2/c1-4-6-10(2)12(9-13)14-8-5-7-11(14)3/h10-12H,4-9,13H2,1-3H3. The van der Waals surface area contributed by atoms with E-state index in [-0.39, 0.29) is 0 Å². The van der Waals surface area contributed by atoms with Crippen LogP contribution in [0.4, 0.5) is 0 Å². The molecule has 0 saturated carbocycles. The summed E-state index contributed by atoms with van der Waals surface area (Å²) in [4.78, 5) is 2.63. The van der Waals surface area contributed by atoms with Gasteiger partial charge in [-0.25, -0.2) is 0 Å². The van der Waals surface area contributed by atoms with Gasteiger partial charge in [0.2, 0.25) is 0 Å². The van der Waals surface area contributed by atoms with Gasteiger partial charge >= 0.3 is 0 Å². The summed E-state index contributed by atoms with van der Waals surface area (Å²) in [5.74, 6) is 0.755. The van der Waals surface area contributed by atoms with Crippen molar-refractivity contribution in [3.05, 3.63) is 0 Å². The van der Waals surface area contributed by atoms with Gasteiger partial charge in [-0.15, -0.1) is 0 Å². The van der Waals surface area contributed by atoms with Crippen LogP contribution < -0.4 is 5.73 Å². The number of hydrogen-bond acceptors (Lipinski definition) is 2. The minimum absolute atomic E-state index is 0.618. The van der Waals surface area contributed by atoms with Crippen molar-refractivity contribution >= 4 is 0 Å². The highest BCUT2D eigenvalue weighted by molar-refractivity contribution is 4.85. The number of likely N-dealkylation sites (tertiary alicyclic amines) is 1. The Morgan fingerprint density at radius 3 is 2.64 bits per heavy atom. The van der Waals surface area contributed by atoms with Gasteiger partial charge in [-0.2, -0.15) is 0 Å². The van der Waals surface area contributed by atoms with Crippen LogP contribution in [0, 0.1) is 5.92 Å². The molecule has 1 aliphatic heterocycles. The van der Waals surface area contributed by atoms with Gasteiger partial charge in [0.15, 0.2) is 0 Å². The van der Waals surface area contributed by atoms with E-state index in [0.29, 0.717) is 6.04 Å². The first-order valence-electron chi connectivity index (χ1n) is 6.16. The van der Waals surface area contributed by atoms with E-state index >= 15 is 0 Å². The summed E-state index contributed by atoms with van der Waals surface area (Å²) < 4.78 is 0. The second kappa shape index (κ2) is 5.72. The van der Waals surface area contributed by atoms with Crippen LogP contribution in [0.5, 0.6) is 0 Å². The van der Waals surface area contributed by atoms with E-state index in [1.807, 2.05) is 0 Å². The summed E-state index contributed by atoms with van der Waals surface area (Å²) in [7, 11) is 0. The molecule has 3 unspecified atom stereocenters. The fourth-order valence-corrected chi connectivity index (χ4v) is 2.79. The van der Waals surface area contributed by atoms with E-state index in [4.69, 9.17) is 5.73 Å². The SMILES string of the molecule is CCCC(C)C(CN)N1CCCC1C. The molecule has 2 nitrogen and oxygen atoms in total. The number of nitrogens with two attached hydrogens (primary N) is 1. The van der Waals surface area contributed by atoms with Gasteiger partial charge in [-0.1, -0.05) is 20.3 Å². The molecule has 0 bridgehead atoms. The van der Waals surface area contributed by atoms with Crippen molar-refractivity contribution in [3.63, 3.8) is 0 Å². The van der Waals surface area contributed by atoms with Crippen LogP contribution in [0.2, 0.25) is 0 Å². The molecular formula is C12H26N2. The Labute approximate surface area is 88.8 Å². The van der Waals surface area contributed by atoms with Gasteiger partial charge in [-0.3, -0.25) is 4.90 Å². The largest absolute Gasteiger partial charge is 0.329 e. The van der Waals surface area contributed by atoms with Crippen molar-refractivity contribution in [1.82, 2.24) is 4.90 Å². The zero-order valence-corrected chi connectivity index (χ0v) is 10.00. The molecule has 1 saturated heterocycles. The van der Waals surface area contributed by atoms with E-state index in [1.165, 1.54) is 32.2 Å². The predicted octanol–water partition coefficient (Wildman–Crippen LogP) is 2.23. The average Bonchev–Trinajstić information content (AvgIpc) is 2.54. The zero-order chi connectivity index (χ0) is 10.6. The summed E-state index contributed by atoms with van der Waals surface area (Å²) >= 11 is 0.